The number of carbonyl (C=O) groups is 1. The van der Waals surface area contributed by atoms with Crippen LogP contribution in [-0.4, -0.2) is 21.7 Å². The summed E-state index contributed by atoms with van der Waals surface area (Å²) in [6, 6.07) is 9.40. The molecule has 3 aromatic rings. The third-order valence-electron chi connectivity index (χ3n) is 2.62. The predicted octanol–water partition coefficient (Wildman–Crippen LogP) is 3.91. The second-order valence-corrected chi connectivity index (χ2v) is 5.94. The van der Waals surface area contributed by atoms with Crippen LogP contribution in [0.3, 0.4) is 0 Å². The Hall–Kier alpha value is -1.99. The summed E-state index contributed by atoms with van der Waals surface area (Å²) in [7, 11) is 0. The Morgan fingerprint density at radius 2 is 2.05 bits per heavy atom. The molecule has 7 heteroatoms. The van der Waals surface area contributed by atoms with Crippen LogP contribution in [0.1, 0.15) is 9.67 Å². The molecule has 0 N–H and O–H groups in total. The third-order valence-corrected chi connectivity index (χ3v) is 4.35. The SMILES string of the molecule is O=C(CSc1nnc(-c2ccc(F)cc2)o1)c1cccs1. The fourth-order valence-electron chi connectivity index (χ4n) is 1.61. The number of hydrogen-bond donors (Lipinski definition) is 0. The van der Waals surface area contributed by atoms with Gasteiger partial charge in [0.1, 0.15) is 5.82 Å². The molecule has 0 radical (unpaired) electrons. The lowest BCUT2D eigenvalue weighted by molar-refractivity contribution is 0.102. The van der Waals surface area contributed by atoms with Gasteiger partial charge in [-0.1, -0.05) is 17.8 Å². The first-order valence-corrected chi connectivity index (χ1v) is 7.88. The number of carbonyl (C=O) groups excluding carboxylic acids is 1. The van der Waals surface area contributed by atoms with Gasteiger partial charge in [-0.3, -0.25) is 4.79 Å². The summed E-state index contributed by atoms with van der Waals surface area (Å²) in [6.45, 7) is 0. The molecule has 0 amide bonds. The van der Waals surface area contributed by atoms with Crippen molar-refractivity contribution in [3.05, 3.63) is 52.5 Å². The van der Waals surface area contributed by atoms with Crippen LogP contribution in [0.25, 0.3) is 11.5 Å². The molecule has 3 rings (SSSR count). The number of hydrogen-bond acceptors (Lipinski definition) is 6. The topological polar surface area (TPSA) is 56.0 Å². The number of benzene rings is 1. The average Bonchev–Trinajstić information content (AvgIpc) is 3.17. The van der Waals surface area contributed by atoms with Crippen molar-refractivity contribution in [2.75, 3.05) is 5.75 Å². The van der Waals surface area contributed by atoms with Crippen LogP contribution in [-0.2, 0) is 0 Å². The van der Waals surface area contributed by atoms with Crippen molar-refractivity contribution < 1.29 is 13.6 Å². The van der Waals surface area contributed by atoms with Gasteiger partial charge in [0.2, 0.25) is 5.89 Å². The smallest absolute Gasteiger partial charge is 0.277 e. The van der Waals surface area contributed by atoms with E-state index < -0.39 is 0 Å². The van der Waals surface area contributed by atoms with Crippen LogP contribution in [0.2, 0.25) is 0 Å². The summed E-state index contributed by atoms with van der Waals surface area (Å²) >= 11 is 2.59. The number of thiophene rings is 1. The maximum Gasteiger partial charge on any atom is 0.277 e. The van der Waals surface area contributed by atoms with Crippen LogP contribution < -0.4 is 0 Å². The van der Waals surface area contributed by atoms with Gasteiger partial charge in [-0.2, -0.15) is 0 Å². The summed E-state index contributed by atoms with van der Waals surface area (Å²) in [5.41, 5.74) is 0.639. The number of halogens is 1. The standard InChI is InChI=1S/C14H9FN2O2S2/c15-10-5-3-9(4-6-10)13-16-17-14(19-13)21-8-11(18)12-2-1-7-20-12/h1-7H,8H2. The Morgan fingerprint density at radius 1 is 1.24 bits per heavy atom. The molecule has 1 aromatic carbocycles. The number of Topliss-reactive ketones (excluding diaryl/α,β-unsaturated/α-hetero) is 1. The first-order chi connectivity index (χ1) is 10.2. The van der Waals surface area contributed by atoms with E-state index in [2.05, 4.69) is 10.2 Å². The minimum Gasteiger partial charge on any atom is -0.411 e. The minimum absolute atomic E-state index is 0.0246. The van der Waals surface area contributed by atoms with Crippen molar-refractivity contribution in [2.45, 2.75) is 5.22 Å². The lowest BCUT2D eigenvalue weighted by atomic mass is 10.2. The zero-order chi connectivity index (χ0) is 14.7. The summed E-state index contributed by atoms with van der Waals surface area (Å²) < 4.78 is 18.3. The molecular formula is C14H9FN2O2S2. The lowest BCUT2D eigenvalue weighted by Gasteiger charge is -1.95. The molecule has 21 heavy (non-hydrogen) atoms. The fraction of sp³-hybridized carbons (Fsp3) is 0.0714. The van der Waals surface area contributed by atoms with Crippen LogP contribution in [0.4, 0.5) is 4.39 Å². The molecule has 106 valence electrons. The van der Waals surface area contributed by atoms with Crippen molar-refractivity contribution in [1.29, 1.82) is 0 Å². The highest BCUT2D eigenvalue weighted by atomic mass is 32.2. The molecule has 2 aromatic heterocycles. The second-order valence-electron chi connectivity index (χ2n) is 4.07. The number of ketones is 1. The molecular weight excluding hydrogens is 311 g/mol. The second kappa shape index (κ2) is 6.19. The highest BCUT2D eigenvalue weighted by molar-refractivity contribution is 7.99. The zero-order valence-electron chi connectivity index (χ0n) is 10.7. The minimum atomic E-state index is -0.325. The van der Waals surface area contributed by atoms with Gasteiger partial charge < -0.3 is 4.42 Å². The molecule has 0 bridgehead atoms. The molecule has 0 atom stereocenters. The number of aromatic nitrogens is 2. The van der Waals surface area contributed by atoms with Gasteiger partial charge in [-0.15, -0.1) is 21.5 Å². The van der Waals surface area contributed by atoms with Crippen molar-refractivity contribution in [1.82, 2.24) is 10.2 Å². The van der Waals surface area contributed by atoms with Gasteiger partial charge in [-0.25, -0.2) is 4.39 Å². The molecule has 0 spiro atoms. The summed E-state index contributed by atoms with van der Waals surface area (Å²) in [5.74, 6) is 0.248. The number of rotatable bonds is 5. The molecule has 0 aliphatic rings. The van der Waals surface area contributed by atoms with Crippen LogP contribution in [0, 0.1) is 5.82 Å². The van der Waals surface area contributed by atoms with E-state index in [4.69, 9.17) is 4.42 Å². The Kier molecular flexibility index (Phi) is 4.12. The largest absolute Gasteiger partial charge is 0.411 e. The summed E-state index contributed by atoms with van der Waals surface area (Å²) in [5, 5.41) is 9.94. The Morgan fingerprint density at radius 3 is 2.76 bits per heavy atom. The van der Waals surface area contributed by atoms with Crippen molar-refractivity contribution in [2.24, 2.45) is 0 Å². The average molecular weight is 320 g/mol. The number of nitrogens with zero attached hydrogens (tertiary/aromatic N) is 2. The van der Waals surface area contributed by atoms with E-state index in [1.54, 1.807) is 18.2 Å². The van der Waals surface area contributed by atoms with Crippen molar-refractivity contribution >= 4 is 28.9 Å². The highest BCUT2D eigenvalue weighted by Gasteiger charge is 2.12. The van der Waals surface area contributed by atoms with Gasteiger partial charge in [0.25, 0.3) is 5.22 Å². The first-order valence-electron chi connectivity index (χ1n) is 6.01. The lowest BCUT2D eigenvalue weighted by Crippen LogP contribution is -1.98. The summed E-state index contributed by atoms with van der Waals surface area (Å²) in [4.78, 5) is 12.6. The molecule has 0 unspecified atom stereocenters. The van der Waals surface area contributed by atoms with Crippen LogP contribution >= 0.6 is 23.1 Å². The highest BCUT2D eigenvalue weighted by Crippen LogP contribution is 2.24. The monoisotopic (exact) mass is 320 g/mol. The normalized spacial score (nSPS) is 10.7. The van der Waals surface area contributed by atoms with E-state index in [-0.39, 0.29) is 17.4 Å². The van der Waals surface area contributed by atoms with Crippen LogP contribution in [0.5, 0.6) is 0 Å². The summed E-state index contributed by atoms with van der Waals surface area (Å²) in [6.07, 6.45) is 0. The zero-order valence-corrected chi connectivity index (χ0v) is 12.3. The fourth-order valence-corrected chi connectivity index (χ4v) is 3.02. The van der Waals surface area contributed by atoms with Crippen LogP contribution in [0.15, 0.2) is 51.4 Å². The quantitative estimate of drug-likeness (QED) is 0.527. The van der Waals surface area contributed by atoms with Crippen molar-refractivity contribution in [3.8, 4) is 11.5 Å². The predicted molar refractivity (Wildman–Crippen MR) is 79.1 cm³/mol. The van der Waals surface area contributed by atoms with Gasteiger partial charge in [0.15, 0.2) is 5.78 Å². The Bertz CT molecular complexity index is 739. The maximum absolute atomic E-state index is 12.8. The van der Waals surface area contributed by atoms with E-state index >= 15 is 0 Å². The van der Waals surface area contributed by atoms with Gasteiger partial charge in [0.05, 0.1) is 10.6 Å². The van der Waals surface area contributed by atoms with E-state index in [9.17, 15) is 9.18 Å². The molecule has 0 aliphatic heterocycles. The Labute approximate surface area is 128 Å². The van der Waals surface area contributed by atoms with Gasteiger partial charge in [0, 0.05) is 5.56 Å². The molecule has 2 heterocycles. The van der Waals surface area contributed by atoms with E-state index in [0.717, 1.165) is 0 Å². The maximum atomic E-state index is 12.8. The Balaban J connectivity index is 1.65. The van der Waals surface area contributed by atoms with E-state index in [1.165, 1.54) is 35.2 Å². The van der Waals surface area contributed by atoms with Gasteiger partial charge in [-0.05, 0) is 35.7 Å². The first kappa shape index (κ1) is 14.0. The molecule has 0 saturated carbocycles. The van der Waals surface area contributed by atoms with Gasteiger partial charge >= 0.3 is 0 Å². The molecule has 0 saturated heterocycles. The molecule has 4 nitrogen and oxygen atoms in total. The van der Waals surface area contributed by atoms with E-state index in [1.807, 2.05) is 11.4 Å². The molecule has 0 fully saturated rings. The molecule has 0 aliphatic carbocycles. The third kappa shape index (κ3) is 3.37. The van der Waals surface area contributed by atoms with Crippen molar-refractivity contribution in [3.63, 3.8) is 0 Å². The van der Waals surface area contributed by atoms with E-state index in [0.29, 0.717) is 21.6 Å². The number of thioether (sulfide) groups is 1.